The number of fused-ring (bicyclic) bond motifs is 1. The zero-order chi connectivity index (χ0) is 14.2. The minimum atomic E-state index is -0.148. The van der Waals surface area contributed by atoms with Crippen LogP contribution < -0.4 is 0 Å². The molecule has 0 unspecified atom stereocenters. The van der Waals surface area contributed by atoms with Crippen LogP contribution in [0.3, 0.4) is 0 Å². The maximum Gasteiger partial charge on any atom is 0.0576 e. The molecule has 1 heteroatoms. The van der Waals surface area contributed by atoms with Gasteiger partial charge >= 0.3 is 0 Å². The average Bonchev–Trinajstić information content (AvgIpc) is 2.43. The molecule has 1 fully saturated rings. The van der Waals surface area contributed by atoms with Crippen molar-refractivity contribution in [3.05, 3.63) is 48.0 Å². The van der Waals surface area contributed by atoms with Gasteiger partial charge in [-0.15, -0.1) is 0 Å². The number of hydrogen-bond acceptors (Lipinski definition) is 1. The van der Waals surface area contributed by atoms with Gasteiger partial charge in [0.05, 0.1) is 6.10 Å². The van der Waals surface area contributed by atoms with Gasteiger partial charge < -0.3 is 5.11 Å². The van der Waals surface area contributed by atoms with Crippen LogP contribution in [-0.4, -0.2) is 11.2 Å². The quantitative estimate of drug-likeness (QED) is 0.846. The predicted molar refractivity (Wildman–Crippen MR) is 84.8 cm³/mol. The minimum Gasteiger partial charge on any atom is -0.393 e. The van der Waals surface area contributed by atoms with E-state index in [4.69, 9.17) is 0 Å². The van der Waals surface area contributed by atoms with Crippen LogP contribution in [-0.2, 0) is 6.42 Å². The second-order valence-electron chi connectivity index (χ2n) is 6.94. The number of aliphatic hydroxyl groups excluding tert-OH is 1. The minimum absolute atomic E-state index is 0.148. The van der Waals surface area contributed by atoms with E-state index in [2.05, 4.69) is 56.3 Å². The third-order valence-corrected chi connectivity index (χ3v) is 5.06. The Kier molecular flexibility index (Phi) is 3.55. The Morgan fingerprint density at radius 2 is 1.85 bits per heavy atom. The lowest BCUT2D eigenvalue weighted by molar-refractivity contribution is -0.00818. The van der Waals surface area contributed by atoms with Crippen molar-refractivity contribution in [3.63, 3.8) is 0 Å². The van der Waals surface area contributed by atoms with Crippen molar-refractivity contribution >= 4 is 10.8 Å². The summed E-state index contributed by atoms with van der Waals surface area (Å²) in [6.45, 7) is 4.61. The Morgan fingerprint density at radius 3 is 2.60 bits per heavy atom. The van der Waals surface area contributed by atoms with Crippen molar-refractivity contribution in [2.24, 2.45) is 11.3 Å². The normalized spacial score (nSPS) is 25.8. The van der Waals surface area contributed by atoms with Crippen LogP contribution in [0.1, 0.15) is 38.7 Å². The molecule has 0 spiro atoms. The molecular formula is C19H24O. The fourth-order valence-corrected chi connectivity index (χ4v) is 3.71. The number of rotatable bonds is 2. The van der Waals surface area contributed by atoms with Gasteiger partial charge in [-0.3, -0.25) is 0 Å². The molecule has 0 amide bonds. The molecular weight excluding hydrogens is 244 g/mol. The van der Waals surface area contributed by atoms with Gasteiger partial charge in [0, 0.05) is 0 Å². The van der Waals surface area contributed by atoms with E-state index in [0.29, 0.717) is 5.92 Å². The first-order chi connectivity index (χ1) is 9.56. The second-order valence-corrected chi connectivity index (χ2v) is 6.94. The smallest absolute Gasteiger partial charge is 0.0576 e. The molecule has 0 radical (unpaired) electrons. The molecule has 20 heavy (non-hydrogen) atoms. The monoisotopic (exact) mass is 268 g/mol. The maximum absolute atomic E-state index is 10.4. The van der Waals surface area contributed by atoms with Crippen molar-refractivity contribution in [2.75, 3.05) is 0 Å². The molecule has 1 saturated carbocycles. The summed E-state index contributed by atoms with van der Waals surface area (Å²) < 4.78 is 0. The fraction of sp³-hybridized carbons (Fsp3) is 0.474. The number of hydrogen-bond donors (Lipinski definition) is 1. The first-order valence-corrected chi connectivity index (χ1v) is 7.72. The zero-order valence-electron chi connectivity index (χ0n) is 12.5. The van der Waals surface area contributed by atoms with E-state index in [1.54, 1.807) is 0 Å². The highest BCUT2D eigenvalue weighted by molar-refractivity contribution is 5.82. The van der Waals surface area contributed by atoms with Gasteiger partial charge in [-0.2, -0.15) is 0 Å². The summed E-state index contributed by atoms with van der Waals surface area (Å²) in [6, 6.07) is 15.2. The lowest BCUT2D eigenvalue weighted by Gasteiger charge is -2.42. The zero-order valence-corrected chi connectivity index (χ0v) is 12.5. The highest BCUT2D eigenvalue weighted by atomic mass is 16.3. The lowest BCUT2D eigenvalue weighted by atomic mass is 9.65. The SMILES string of the molecule is CC1(C)CCC[C@H](O)[C@@H]1Cc1ccc2ccccc2c1. The number of benzene rings is 2. The predicted octanol–water partition coefficient (Wildman–Crippen LogP) is 4.57. The Bertz CT molecular complexity index is 599. The lowest BCUT2D eigenvalue weighted by Crippen LogP contribution is -2.39. The highest BCUT2D eigenvalue weighted by Gasteiger charge is 2.37. The molecule has 0 bridgehead atoms. The molecule has 2 atom stereocenters. The van der Waals surface area contributed by atoms with Crippen LogP contribution in [0.15, 0.2) is 42.5 Å². The van der Waals surface area contributed by atoms with Crippen molar-refractivity contribution in [2.45, 2.75) is 45.6 Å². The summed E-state index contributed by atoms with van der Waals surface area (Å²) in [6.07, 6.45) is 4.18. The van der Waals surface area contributed by atoms with Crippen molar-refractivity contribution in [3.8, 4) is 0 Å². The number of aliphatic hydroxyl groups is 1. The maximum atomic E-state index is 10.4. The van der Waals surface area contributed by atoms with E-state index >= 15 is 0 Å². The summed E-state index contributed by atoms with van der Waals surface area (Å²) in [7, 11) is 0. The van der Waals surface area contributed by atoms with E-state index < -0.39 is 0 Å². The van der Waals surface area contributed by atoms with Crippen LogP contribution >= 0.6 is 0 Å². The Hall–Kier alpha value is -1.34. The van der Waals surface area contributed by atoms with Gasteiger partial charge in [0.2, 0.25) is 0 Å². The van der Waals surface area contributed by atoms with Gasteiger partial charge in [0.1, 0.15) is 0 Å². The van der Waals surface area contributed by atoms with E-state index in [-0.39, 0.29) is 11.5 Å². The van der Waals surface area contributed by atoms with Gasteiger partial charge in [-0.1, -0.05) is 62.7 Å². The molecule has 0 aromatic heterocycles. The Morgan fingerprint density at radius 1 is 1.10 bits per heavy atom. The standard InChI is InChI=1S/C19H24O/c1-19(2)11-5-8-18(20)17(19)13-14-9-10-15-6-3-4-7-16(15)12-14/h3-4,6-7,9-10,12,17-18,20H,5,8,11,13H2,1-2H3/t17-,18-/m0/s1. The van der Waals surface area contributed by atoms with Crippen molar-refractivity contribution < 1.29 is 5.11 Å². The van der Waals surface area contributed by atoms with Crippen LogP contribution in [0.4, 0.5) is 0 Å². The van der Waals surface area contributed by atoms with Crippen LogP contribution in [0.5, 0.6) is 0 Å². The molecule has 1 aliphatic rings. The molecule has 2 aromatic carbocycles. The summed E-state index contributed by atoms with van der Waals surface area (Å²) >= 11 is 0. The molecule has 1 aliphatic carbocycles. The van der Waals surface area contributed by atoms with Crippen LogP contribution in [0.2, 0.25) is 0 Å². The third-order valence-electron chi connectivity index (χ3n) is 5.06. The topological polar surface area (TPSA) is 20.2 Å². The Labute approximate surface area is 121 Å². The first kappa shape index (κ1) is 13.6. The van der Waals surface area contributed by atoms with Gasteiger partial charge in [-0.05, 0) is 46.9 Å². The van der Waals surface area contributed by atoms with Crippen molar-refractivity contribution in [1.82, 2.24) is 0 Å². The third kappa shape index (κ3) is 2.60. The largest absolute Gasteiger partial charge is 0.393 e. The fourth-order valence-electron chi connectivity index (χ4n) is 3.71. The molecule has 106 valence electrons. The van der Waals surface area contributed by atoms with Gasteiger partial charge in [0.15, 0.2) is 0 Å². The summed E-state index contributed by atoms with van der Waals surface area (Å²) in [5.41, 5.74) is 1.59. The molecule has 2 aromatic rings. The Balaban J connectivity index is 1.88. The first-order valence-electron chi connectivity index (χ1n) is 7.72. The molecule has 1 N–H and O–H groups in total. The van der Waals surface area contributed by atoms with E-state index in [0.717, 1.165) is 19.3 Å². The van der Waals surface area contributed by atoms with Crippen molar-refractivity contribution in [1.29, 1.82) is 0 Å². The molecule has 3 rings (SSSR count). The van der Waals surface area contributed by atoms with E-state index in [9.17, 15) is 5.11 Å². The van der Waals surface area contributed by atoms with Crippen LogP contribution in [0, 0.1) is 11.3 Å². The van der Waals surface area contributed by atoms with E-state index in [1.807, 2.05) is 0 Å². The summed E-state index contributed by atoms with van der Waals surface area (Å²) in [5.74, 6) is 0.373. The average molecular weight is 268 g/mol. The van der Waals surface area contributed by atoms with Crippen LogP contribution in [0.25, 0.3) is 10.8 Å². The molecule has 0 saturated heterocycles. The highest BCUT2D eigenvalue weighted by Crippen LogP contribution is 2.42. The van der Waals surface area contributed by atoms with E-state index in [1.165, 1.54) is 22.8 Å². The molecule has 1 nitrogen and oxygen atoms in total. The molecule has 0 heterocycles. The van der Waals surface area contributed by atoms with Gasteiger partial charge in [-0.25, -0.2) is 0 Å². The summed E-state index contributed by atoms with van der Waals surface area (Å²) in [5, 5.41) is 13.0. The summed E-state index contributed by atoms with van der Waals surface area (Å²) in [4.78, 5) is 0. The second kappa shape index (κ2) is 5.21. The molecule has 0 aliphatic heterocycles. The van der Waals surface area contributed by atoms with Gasteiger partial charge in [0.25, 0.3) is 0 Å².